The summed E-state index contributed by atoms with van der Waals surface area (Å²) in [6, 6.07) is 7.85. The van der Waals surface area contributed by atoms with Gasteiger partial charge < -0.3 is 10.6 Å². The molecule has 0 aromatic heterocycles. The quantitative estimate of drug-likeness (QED) is 0.890. The van der Waals surface area contributed by atoms with Crippen molar-refractivity contribution < 1.29 is 0 Å². The molecule has 1 aromatic carbocycles. The van der Waals surface area contributed by atoms with E-state index >= 15 is 0 Å². The third kappa shape index (κ3) is 2.58. The molecule has 0 bridgehead atoms. The molecule has 3 atom stereocenters. The van der Waals surface area contributed by atoms with Crippen LogP contribution in [0.3, 0.4) is 0 Å². The number of nitrogens with two attached hydrogens (primary N) is 1. The Balaban J connectivity index is 1.87. The molecule has 2 N–H and O–H groups in total. The van der Waals surface area contributed by atoms with Gasteiger partial charge in [-0.15, -0.1) is 0 Å². The molecule has 0 radical (unpaired) electrons. The summed E-state index contributed by atoms with van der Waals surface area (Å²) in [5.41, 5.74) is 10.8. The van der Waals surface area contributed by atoms with Crippen molar-refractivity contribution in [3.05, 3.63) is 29.3 Å². The van der Waals surface area contributed by atoms with Gasteiger partial charge in [0.05, 0.1) is 0 Å². The number of nitrogens with zero attached hydrogens (tertiary/aromatic N) is 1. The maximum Gasteiger partial charge on any atom is 0.0443 e. The zero-order chi connectivity index (χ0) is 14.1. The molecule has 0 saturated heterocycles. The lowest BCUT2D eigenvalue weighted by molar-refractivity contribution is 0.270. The minimum absolute atomic E-state index is 0.352. The van der Waals surface area contributed by atoms with Crippen LogP contribution >= 0.6 is 0 Å². The SMILES string of the molecule is CCC1CCC(N)C(N2CCCc3cc(C)ccc32)C1. The first-order valence-electron chi connectivity index (χ1n) is 8.30. The van der Waals surface area contributed by atoms with E-state index in [0.29, 0.717) is 12.1 Å². The fourth-order valence-corrected chi connectivity index (χ4v) is 4.08. The molecule has 1 fully saturated rings. The highest BCUT2D eigenvalue weighted by atomic mass is 15.2. The summed E-state index contributed by atoms with van der Waals surface area (Å²) in [5, 5.41) is 0. The van der Waals surface area contributed by atoms with Gasteiger partial charge in [-0.3, -0.25) is 0 Å². The van der Waals surface area contributed by atoms with Crippen molar-refractivity contribution in [1.29, 1.82) is 0 Å². The monoisotopic (exact) mass is 272 g/mol. The van der Waals surface area contributed by atoms with E-state index in [2.05, 4.69) is 36.9 Å². The Hall–Kier alpha value is -1.02. The molecule has 2 nitrogen and oxygen atoms in total. The molecule has 3 unspecified atom stereocenters. The zero-order valence-corrected chi connectivity index (χ0v) is 12.9. The first-order chi connectivity index (χ1) is 9.69. The van der Waals surface area contributed by atoms with Crippen molar-refractivity contribution in [1.82, 2.24) is 0 Å². The maximum absolute atomic E-state index is 6.47. The van der Waals surface area contributed by atoms with Crippen LogP contribution in [0.5, 0.6) is 0 Å². The number of fused-ring (bicyclic) bond motifs is 1. The van der Waals surface area contributed by atoms with Gasteiger partial charge in [0, 0.05) is 24.3 Å². The van der Waals surface area contributed by atoms with Crippen molar-refractivity contribution in [3.8, 4) is 0 Å². The van der Waals surface area contributed by atoms with Crippen molar-refractivity contribution in [2.45, 2.75) is 64.5 Å². The van der Waals surface area contributed by atoms with Gasteiger partial charge in [0.1, 0.15) is 0 Å². The zero-order valence-electron chi connectivity index (χ0n) is 12.9. The third-order valence-electron chi connectivity index (χ3n) is 5.34. The van der Waals surface area contributed by atoms with Crippen LogP contribution < -0.4 is 10.6 Å². The molecule has 1 aromatic rings. The lowest BCUT2D eigenvalue weighted by Crippen LogP contribution is -2.53. The van der Waals surface area contributed by atoms with Gasteiger partial charge in [0.15, 0.2) is 0 Å². The van der Waals surface area contributed by atoms with Crippen LogP contribution in [-0.2, 0) is 6.42 Å². The smallest absolute Gasteiger partial charge is 0.0443 e. The maximum atomic E-state index is 6.47. The summed E-state index contributed by atoms with van der Waals surface area (Å²) >= 11 is 0. The molecule has 1 saturated carbocycles. The van der Waals surface area contributed by atoms with Crippen molar-refractivity contribution in [2.24, 2.45) is 11.7 Å². The lowest BCUT2D eigenvalue weighted by atomic mass is 9.79. The molecule has 2 heteroatoms. The fraction of sp³-hybridized carbons (Fsp3) is 0.667. The average molecular weight is 272 g/mol. The summed E-state index contributed by atoms with van der Waals surface area (Å²) < 4.78 is 0. The van der Waals surface area contributed by atoms with Crippen LogP contribution in [-0.4, -0.2) is 18.6 Å². The highest BCUT2D eigenvalue weighted by Crippen LogP contribution is 2.36. The van der Waals surface area contributed by atoms with Crippen molar-refractivity contribution in [2.75, 3.05) is 11.4 Å². The first-order valence-corrected chi connectivity index (χ1v) is 8.30. The standard InChI is InChI=1S/C18H28N2/c1-3-14-7-8-16(19)18(12-14)20-10-4-5-15-11-13(2)6-9-17(15)20/h6,9,11,14,16,18H,3-5,7-8,10,12,19H2,1-2H3. The molecule has 0 amide bonds. The molecule has 2 aliphatic rings. The Bertz CT molecular complexity index is 468. The Kier molecular flexibility index (Phi) is 4.02. The van der Waals surface area contributed by atoms with E-state index < -0.39 is 0 Å². The first kappa shape index (κ1) is 13.9. The number of hydrogen-bond acceptors (Lipinski definition) is 2. The molecule has 1 heterocycles. The van der Waals surface area contributed by atoms with E-state index in [1.807, 2.05) is 0 Å². The van der Waals surface area contributed by atoms with Crippen LogP contribution in [0.15, 0.2) is 18.2 Å². The number of aryl methyl sites for hydroxylation is 2. The summed E-state index contributed by atoms with van der Waals surface area (Å²) in [4.78, 5) is 2.63. The van der Waals surface area contributed by atoms with Crippen LogP contribution in [0, 0.1) is 12.8 Å². The summed E-state index contributed by atoms with van der Waals surface area (Å²) in [7, 11) is 0. The van der Waals surface area contributed by atoms with E-state index in [4.69, 9.17) is 5.73 Å². The normalized spacial score (nSPS) is 30.1. The number of benzene rings is 1. The molecular weight excluding hydrogens is 244 g/mol. The Morgan fingerprint density at radius 2 is 2.15 bits per heavy atom. The molecule has 20 heavy (non-hydrogen) atoms. The molecule has 0 spiro atoms. The fourth-order valence-electron chi connectivity index (χ4n) is 4.08. The largest absolute Gasteiger partial charge is 0.367 e. The van der Waals surface area contributed by atoms with Gasteiger partial charge in [0.2, 0.25) is 0 Å². The summed E-state index contributed by atoms with van der Waals surface area (Å²) in [5.74, 6) is 0.871. The Labute approximate surface area is 123 Å². The van der Waals surface area contributed by atoms with Gasteiger partial charge in [0.25, 0.3) is 0 Å². The van der Waals surface area contributed by atoms with Gasteiger partial charge in [-0.1, -0.05) is 31.0 Å². The Morgan fingerprint density at radius 1 is 1.30 bits per heavy atom. The number of anilines is 1. The minimum Gasteiger partial charge on any atom is -0.367 e. The highest BCUT2D eigenvalue weighted by Gasteiger charge is 2.33. The lowest BCUT2D eigenvalue weighted by Gasteiger charge is -2.45. The second-order valence-corrected chi connectivity index (χ2v) is 6.75. The van der Waals surface area contributed by atoms with E-state index in [9.17, 15) is 0 Å². The number of hydrogen-bond donors (Lipinski definition) is 1. The van der Waals surface area contributed by atoms with Gasteiger partial charge in [-0.2, -0.15) is 0 Å². The van der Waals surface area contributed by atoms with Gasteiger partial charge in [-0.05, 0) is 56.6 Å². The average Bonchev–Trinajstić information content (AvgIpc) is 2.47. The van der Waals surface area contributed by atoms with E-state index in [1.165, 1.54) is 61.9 Å². The van der Waals surface area contributed by atoms with E-state index in [1.54, 1.807) is 0 Å². The van der Waals surface area contributed by atoms with E-state index in [0.717, 1.165) is 5.92 Å². The Morgan fingerprint density at radius 3 is 2.95 bits per heavy atom. The summed E-state index contributed by atoms with van der Waals surface area (Å²) in [6.45, 7) is 5.70. The predicted octanol–water partition coefficient (Wildman–Crippen LogP) is 3.65. The highest BCUT2D eigenvalue weighted by molar-refractivity contribution is 5.57. The van der Waals surface area contributed by atoms with Crippen LogP contribution in [0.2, 0.25) is 0 Å². The molecular formula is C18H28N2. The van der Waals surface area contributed by atoms with Crippen molar-refractivity contribution in [3.63, 3.8) is 0 Å². The van der Waals surface area contributed by atoms with Crippen LogP contribution in [0.4, 0.5) is 5.69 Å². The molecule has 1 aliphatic heterocycles. The van der Waals surface area contributed by atoms with Gasteiger partial charge in [-0.25, -0.2) is 0 Å². The third-order valence-corrected chi connectivity index (χ3v) is 5.34. The van der Waals surface area contributed by atoms with E-state index in [-0.39, 0.29) is 0 Å². The summed E-state index contributed by atoms with van der Waals surface area (Å²) in [6.07, 6.45) is 7.61. The van der Waals surface area contributed by atoms with Crippen LogP contribution in [0.25, 0.3) is 0 Å². The predicted molar refractivity (Wildman–Crippen MR) is 86.2 cm³/mol. The van der Waals surface area contributed by atoms with Crippen molar-refractivity contribution >= 4 is 5.69 Å². The van der Waals surface area contributed by atoms with Crippen LogP contribution in [0.1, 0.15) is 50.2 Å². The van der Waals surface area contributed by atoms with Gasteiger partial charge >= 0.3 is 0 Å². The minimum atomic E-state index is 0.352. The molecule has 1 aliphatic carbocycles. The molecule has 3 rings (SSSR count). The topological polar surface area (TPSA) is 29.3 Å². The number of rotatable bonds is 2. The second kappa shape index (κ2) is 5.77. The molecule has 110 valence electrons. The second-order valence-electron chi connectivity index (χ2n) is 6.75.